The quantitative estimate of drug-likeness (QED) is 0.610. The normalized spacial score (nSPS) is 12.0. The van der Waals surface area contributed by atoms with Gasteiger partial charge in [0, 0.05) is 12.2 Å². The topological polar surface area (TPSA) is 81.4 Å². The van der Waals surface area contributed by atoms with Crippen LogP contribution in [0.3, 0.4) is 0 Å². The van der Waals surface area contributed by atoms with Gasteiger partial charge in [-0.1, -0.05) is 32.0 Å². The van der Waals surface area contributed by atoms with E-state index >= 15 is 0 Å². The van der Waals surface area contributed by atoms with Gasteiger partial charge in [-0.05, 0) is 24.5 Å². The predicted molar refractivity (Wildman–Crippen MR) is 78.0 cm³/mol. The van der Waals surface area contributed by atoms with Crippen molar-refractivity contribution in [1.29, 1.82) is 0 Å². The highest BCUT2D eigenvalue weighted by atomic mass is 16.5. The fourth-order valence-electron chi connectivity index (χ4n) is 1.59. The lowest BCUT2D eigenvalue weighted by Gasteiger charge is -2.15. The largest absolute Gasteiger partial charge is 0.452 e. The van der Waals surface area contributed by atoms with Crippen LogP contribution in [0.25, 0.3) is 0 Å². The second kappa shape index (κ2) is 7.53. The van der Waals surface area contributed by atoms with Gasteiger partial charge in [-0.3, -0.25) is 9.59 Å². The van der Waals surface area contributed by atoms with Crippen LogP contribution < -0.4 is 11.1 Å². The number of esters is 1. The van der Waals surface area contributed by atoms with Gasteiger partial charge >= 0.3 is 5.97 Å². The lowest BCUT2D eigenvalue weighted by atomic mass is 10.1. The summed E-state index contributed by atoms with van der Waals surface area (Å²) >= 11 is 0. The zero-order valence-corrected chi connectivity index (χ0v) is 12.2. The summed E-state index contributed by atoms with van der Waals surface area (Å²) < 4.78 is 5.10. The standard InChI is InChI=1S/C15H22N2O3/c1-10(2)9-17-15(19)11(3)20-14(18)8-12-6-4-5-7-13(12)16/h4-7,10-11H,8-9,16H2,1-3H3,(H,17,19). The second-order valence-electron chi connectivity index (χ2n) is 5.15. The molecule has 3 N–H and O–H groups in total. The Morgan fingerprint density at radius 2 is 1.90 bits per heavy atom. The van der Waals surface area contributed by atoms with Gasteiger partial charge in [0.05, 0.1) is 6.42 Å². The first-order valence-electron chi connectivity index (χ1n) is 6.70. The molecular formula is C15H22N2O3. The third-order valence-corrected chi connectivity index (χ3v) is 2.75. The predicted octanol–water partition coefficient (Wildman–Crippen LogP) is 1.52. The summed E-state index contributed by atoms with van der Waals surface area (Å²) in [6.45, 7) is 6.11. The van der Waals surface area contributed by atoms with E-state index in [4.69, 9.17) is 10.5 Å². The van der Waals surface area contributed by atoms with E-state index < -0.39 is 12.1 Å². The maximum atomic E-state index is 11.8. The van der Waals surface area contributed by atoms with Gasteiger partial charge in [-0.2, -0.15) is 0 Å². The summed E-state index contributed by atoms with van der Waals surface area (Å²) in [6.07, 6.45) is -0.736. The molecule has 0 aliphatic heterocycles. The van der Waals surface area contributed by atoms with Crippen molar-refractivity contribution < 1.29 is 14.3 Å². The Hall–Kier alpha value is -2.04. The maximum Gasteiger partial charge on any atom is 0.311 e. The van der Waals surface area contributed by atoms with Crippen LogP contribution in [0.4, 0.5) is 5.69 Å². The molecule has 0 saturated carbocycles. The highest BCUT2D eigenvalue weighted by Crippen LogP contribution is 2.12. The molecule has 0 spiro atoms. The van der Waals surface area contributed by atoms with Gasteiger partial charge in [0.25, 0.3) is 5.91 Å². The molecule has 1 unspecified atom stereocenters. The summed E-state index contributed by atoms with van der Waals surface area (Å²) in [5.74, 6) is -0.394. The summed E-state index contributed by atoms with van der Waals surface area (Å²) in [5, 5.41) is 2.72. The van der Waals surface area contributed by atoms with Crippen LogP contribution in [-0.4, -0.2) is 24.5 Å². The molecule has 1 rings (SSSR count). The van der Waals surface area contributed by atoms with E-state index in [2.05, 4.69) is 5.32 Å². The number of nitrogens with two attached hydrogens (primary N) is 1. The van der Waals surface area contributed by atoms with Crippen molar-refractivity contribution >= 4 is 17.6 Å². The third-order valence-electron chi connectivity index (χ3n) is 2.75. The number of hydrogen-bond donors (Lipinski definition) is 2. The van der Waals surface area contributed by atoms with E-state index in [1.165, 1.54) is 0 Å². The van der Waals surface area contributed by atoms with Crippen LogP contribution in [-0.2, 0) is 20.7 Å². The fourth-order valence-corrected chi connectivity index (χ4v) is 1.59. The van der Waals surface area contributed by atoms with E-state index in [1.807, 2.05) is 13.8 Å². The first-order chi connectivity index (χ1) is 9.40. The molecule has 5 nitrogen and oxygen atoms in total. The van der Waals surface area contributed by atoms with Crippen molar-refractivity contribution in [3.8, 4) is 0 Å². The van der Waals surface area contributed by atoms with Crippen LogP contribution >= 0.6 is 0 Å². The minimum atomic E-state index is -0.800. The van der Waals surface area contributed by atoms with Crippen LogP contribution in [0.15, 0.2) is 24.3 Å². The monoisotopic (exact) mass is 278 g/mol. The van der Waals surface area contributed by atoms with Crippen LogP contribution in [0.1, 0.15) is 26.3 Å². The van der Waals surface area contributed by atoms with E-state index in [0.717, 1.165) is 0 Å². The van der Waals surface area contributed by atoms with E-state index in [1.54, 1.807) is 31.2 Å². The van der Waals surface area contributed by atoms with Gasteiger partial charge in [0.2, 0.25) is 0 Å². The first-order valence-corrected chi connectivity index (χ1v) is 6.70. The third kappa shape index (κ3) is 5.30. The summed E-state index contributed by atoms with van der Waals surface area (Å²) in [5.41, 5.74) is 7.00. The van der Waals surface area contributed by atoms with Gasteiger partial charge in [-0.25, -0.2) is 0 Å². The molecule has 0 radical (unpaired) electrons. The highest BCUT2D eigenvalue weighted by molar-refractivity contribution is 5.84. The number of amides is 1. The van der Waals surface area contributed by atoms with Gasteiger partial charge < -0.3 is 15.8 Å². The number of nitrogen functional groups attached to an aromatic ring is 1. The Labute approximate surface area is 119 Å². The smallest absolute Gasteiger partial charge is 0.311 e. The van der Waals surface area contributed by atoms with Crippen molar-refractivity contribution in [1.82, 2.24) is 5.32 Å². The minimum Gasteiger partial charge on any atom is -0.452 e. The van der Waals surface area contributed by atoms with E-state index in [-0.39, 0.29) is 12.3 Å². The Kier molecular flexibility index (Phi) is 6.03. The Morgan fingerprint density at radius 3 is 2.50 bits per heavy atom. The van der Waals surface area contributed by atoms with Crippen molar-refractivity contribution in [2.45, 2.75) is 33.3 Å². The number of anilines is 1. The van der Waals surface area contributed by atoms with Crippen LogP contribution in [0.5, 0.6) is 0 Å². The van der Waals surface area contributed by atoms with E-state index in [0.29, 0.717) is 23.7 Å². The Balaban J connectivity index is 2.46. The molecule has 1 amide bonds. The molecule has 1 atom stereocenters. The van der Waals surface area contributed by atoms with Gasteiger partial charge in [0.15, 0.2) is 6.10 Å². The molecule has 1 aromatic rings. The number of carbonyl (C=O) groups is 2. The fraction of sp³-hybridized carbons (Fsp3) is 0.467. The number of benzene rings is 1. The van der Waals surface area contributed by atoms with Crippen molar-refractivity contribution in [2.24, 2.45) is 5.92 Å². The maximum absolute atomic E-state index is 11.8. The van der Waals surface area contributed by atoms with Gasteiger partial charge in [0.1, 0.15) is 0 Å². The van der Waals surface area contributed by atoms with Crippen LogP contribution in [0.2, 0.25) is 0 Å². The zero-order chi connectivity index (χ0) is 15.1. The molecule has 20 heavy (non-hydrogen) atoms. The van der Waals surface area contributed by atoms with Crippen molar-refractivity contribution in [2.75, 3.05) is 12.3 Å². The summed E-state index contributed by atoms with van der Waals surface area (Å²) in [7, 11) is 0. The average molecular weight is 278 g/mol. The molecule has 0 aromatic heterocycles. The first kappa shape index (κ1) is 16.0. The van der Waals surface area contributed by atoms with Gasteiger partial charge in [-0.15, -0.1) is 0 Å². The molecule has 0 bridgehead atoms. The molecule has 0 heterocycles. The zero-order valence-electron chi connectivity index (χ0n) is 12.2. The summed E-state index contributed by atoms with van der Waals surface area (Å²) in [4.78, 5) is 23.4. The van der Waals surface area contributed by atoms with Crippen molar-refractivity contribution in [3.05, 3.63) is 29.8 Å². The molecule has 1 aromatic carbocycles. The highest BCUT2D eigenvalue weighted by Gasteiger charge is 2.18. The number of hydrogen-bond acceptors (Lipinski definition) is 4. The number of para-hydroxylation sites is 1. The van der Waals surface area contributed by atoms with Crippen LogP contribution in [0, 0.1) is 5.92 Å². The molecule has 0 aliphatic rings. The molecular weight excluding hydrogens is 256 g/mol. The minimum absolute atomic E-state index is 0.0640. The van der Waals surface area contributed by atoms with Crippen molar-refractivity contribution in [3.63, 3.8) is 0 Å². The second-order valence-corrected chi connectivity index (χ2v) is 5.15. The molecule has 110 valence electrons. The summed E-state index contributed by atoms with van der Waals surface area (Å²) in [6, 6.07) is 7.09. The molecule has 0 fully saturated rings. The molecule has 0 saturated heterocycles. The number of carbonyl (C=O) groups excluding carboxylic acids is 2. The number of rotatable bonds is 6. The SMILES string of the molecule is CC(C)CNC(=O)C(C)OC(=O)Cc1ccccc1N. The molecule has 5 heteroatoms. The Morgan fingerprint density at radius 1 is 1.25 bits per heavy atom. The lowest BCUT2D eigenvalue weighted by Crippen LogP contribution is -2.37. The Bertz CT molecular complexity index is 472. The number of ether oxygens (including phenoxy) is 1. The average Bonchev–Trinajstić information content (AvgIpc) is 2.38. The lowest BCUT2D eigenvalue weighted by molar-refractivity contribution is -0.154. The number of nitrogens with one attached hydrogen (secondary N) is 1. The van der Waals surface area contributed by atoms with E-state index in [9.17, 15) is 9.59 Å². The molecule has 0 aliphatic carbocycles.